The molecule has 0 aliphatic rings. The van der Waals surface area contributed by atoms with Gasteiger partial charge in [-0.05, 0) is 30.0 Å². The zero-order valence-corrected chi connectivity index (χ0v) is 19.6. The fraction of sp³-hybridized carbons (Fsp3) is 0.536. The molecule has 0 saturated heterocycles. The summed E-state index contributed by atoms with van der Waals surface area (Å²) in [4.78, 5) is 11.8. The molecular formula is C28H40O3. The van der Waals surface area contributed by atoms with Gasteiger partial charge in [0.25, 0.3) is 0 Å². The molecular weight excluding hydrogens is 384 g/mol. The normalized spacial score (nSPS) is 11.6. The van der Waals surface area contributed by atoms with Crippen LogP contribution < -0.4 is 0 Å². The summed E-state index contributed by atoms with van der Waals surface area (Å²) < 4.78 is 0. The summed E-state index contributed by atoms with van der Waals surface area (Å²) in [6, 6.07) is 13.6. The summed E-state index contributed by atoms with van der Waals surface area (Å²) in [5.74, 6) is -1.19. The topological polar surface area (TPSA) is 57.5 Å². The minimum atomic E-state index is -1.08. The summed E-state index contributed by atoms with van der Waals surface area (Å²) in [6.45, 7) is 6.32. The van der Waals surface area contributed by atoms with Crippen LogP contribution in [0.4, 0.5) is 0 Å². The number of carboxylic acids is 1. The van der Waals surface area contributed by atoms with Crippen LogP contribution in [-0.2, 0) is 11.8 Å². The number of aromatic carboxylic acids is 1. The second kappa shape index (κ2) is 12.5. The van der Waals surface area contributed by atoms with Crippen molar-refractivity contribution in [1.82, 2.24) is 0 Å². The van der Waals surface area contributed by atoms with E-state index in [1.54, 1.807) is 6.07 Å². The number of aromatic hydroxyl groups is 1. The summed E-state index contributed by atoms with van der Waals surface area (Å²) >= 11 is 0. The van der Waals surface area contributed by atoms with Gasteiger partial charge in [-0.3, -0.25) is 0 Å². The first kappa shape index (κ1) is 25.0. The van der Waals surface area contributed by atoms with Gasteiger partial charge in [0.05, 0.1) is 0 Å². The first-order chi connectivity index (χ1) is 14.9. The molecule has 0 radical (unpaired) electrons. The Labute approximate surface area is 188 Å². The molecule has 0 saturated carbocycles. The van der Waals surface area contributed by atoms with Gasteiger partial charge >= 0.3 is 5.97 Å². The highest BCUT2D eigenvalue weighted by atomic mass is 16.4. The molecule has 0 unspecified atom stereocenters. The fourth-order valence-corrected chi connectivity index (χ4v) is 4.30. The van der Waals surface area contributed by atoms with Crippen LogP contribution in [0.1, 0.15) is 112 Å². The average Bonchev–Trinajstić information content (AvgIpc) is 2.76. The van der Waals surface area contributed by atoms with Crippen LogP contribution >= 0.6 is 0 Å². The Morgan fingerprint density at radius 1 is 0.839 bits per heavy atom. The Morgan fingerprint density at radius 2 is 1.39 bits per heavy atom. The minimum Gasteiger partial charge on any atom is -0.507 e. The van der Waals surface area contributed by atoms with Crippen LogP contribution in [0.15, 0.2) is 42.5 Å². The second-order valence-corrected chi connectivity index (χ2v) is 9.27. The third-order valence-corrected chi connectivity index (χ3v) is 6.39. The van der Waals surface area contributed by atoms with E-state index in [1.807, 2.05) is 50.2 Å². The molecule has 0 spiro atoms. The van der Waals surface area contributed by atoms with E-state index >= 15 is 0 Å². The van der Waals surface area contributed by atoms with Gasteiger partial charge in [0.1, 0.15) is 11.3 Å². The van der Waals surface area contributed by atoms with Gasteiger partial charge in [0.2, 0.25) is 0 Å². The monoisotopic (exact) mass is 424 g/mol. The van der Waals surface area contributed by atoms with E-state index in [0.29, 0.717) is 5.56 Å². The van der Waals surface area contributed by atoms with Crippen LogP contribution in [0.5, 0.6) is 5.75 Å². The van der Waals surface area contributed by atoms with Crippen LogP contribution in [0, 0.1) is 0 Å². The maximum atomic E-state index is 11.8. The molecule has 2 aromatic carbocycles. The zero-order valence-electron chi connectivity index (χ0n) is 19.6. The number of carboxylic acid groups (broad SMARTS) is 1. The molecule has 31 heavy (non-hydrogen) atoms. The van der Waals surface area contributed by atoms with E-state index < -0.39 is 11.4 Å². The van der Waals surface area contributed by atoms with Crippen molar-refractivity contribution < 1.29 is 15.0 Å². The molecule has 0 aliphatic heterocycles. The summed E-state index contributed by atoms with van der Waals surface area (Å²) in [5.41, 5.74) is 2.25. The lowest BCUT2D eigenvalue weighted by Crippen LogP contribution is -2.20. The highest BCUT2D eigenvalue weighted by Gasteiger charge is 2.29. The zero-order chi connectivity index (χ0) is 22.7. The highest BCUT2D eigenvalue weighted by Crippen LogP contribution is 2.39. The molecule has 2 rings (SSSR count). The maximum Gasteiger partial charge on any atom is 0.339 e. The molecule has 0 aliphatic carbocycles. The van der Waals surface area contributed by atoms with Crippen LogP contribution in [0.2, 0.25) is 0 Å². The number of unbranched alkanes of at least 4 members (excludes halogenated alkanes) is 9. The van der Waals surface area contributed by atoms with E-state index in [4.69, 9.17) is 0 Å². The van der Waals surface area contributed by atoms with Gasteiger partial charge in [-0.1, -0.05) is 115 Å². The van der Waals surface area contributed by atoms with Crippen molar-refractivity contribution in [1.29, 1.82) is 0 Å². The Hall–Kier alpha value is -2.29. The molecule has 0 aromatic heterocycles. The Bertz CT molecular complexity index is 809. The van der Waals surface area contributed by atoms with Crippen molar-refractivity contribution in [2.45, 2.75) is 96.8 Å². The number of hydrogen-bond donors (Lipinski definition) is 2. The molecule has 2 N–H and O–H groups in total. The molecule has 0 bridgehead atoms. The number of carbonyl (C=O) groups is 1. The van der Waals surface area contributed by atoms with Crippen molar-refractivity contribution in [2.75, 3.05) is 0 Å². The Kier molecular flexibility index (Phi) is 10.1. The standard InChI is InChI=1S/C28H40O3/c1-4-5-6-7-8-9-10-11-12-14-17-22-20-24(27(30)31)26(29)25(21-22)28(2,3)23-18-15-13-16-19-23/h13,15-16,18-21,29H,4-12,14,17H2,1-3H3,(H,30,31). The van der Waals surface area contributed by atoms with Crippen molar-refractivity contribution in [3.05, 3.63) is 64.7 Å². The number of benzene rings is 2. The molecule has 3 nitrogen and oxygen atoms in total. The van der Waals surface area contributed by atoms with E-state index in [2.05, 4.69) is 6.92 Å². The van der Waals surface area contributed by atoms with Gasteiger partial charge in [0, 0.05) is 11.0 Å². The lowest BCUT2D eigenvalue weighted by molar-refractivity contribution is 0.0693. The molecule has 0 fully saturated rings. The summed E-state index contributed by atoms with van der Waals surface area (Å²) in [6.07, 6.45) is 13.6. The third kappa shape index (κ3) is 7.41. The molecule has 0 amide bonds. The number of phenols is 1. The largest absolute Gasteiger partial charge is 0.507 e. The van der Waals surface area contributed by atoms with Gasteiger partial charge in [-0.2, -0.15) is 0 Å². The van der Waals surface area contributed by atoms with Gasteiger partial charge in [0.15, 0.2) is 0 Å². The minimum absolute atomic E-state index is 0.00332. The molecule has 170 valence electrons. The van der Waals surface area contributed by atoms with Gasteiger partial charge < -0.3 is 10.2 Å². The van der Waals surface area contributed by atoms with E-state index in [-0.39, 0.29) is 11.3 Å². The first-order valence-electron chi connectivity index (χ1n) is 12.0. The Balaban J connectivity index is 1.99. The van der Waals surface area contributed by atoms with Crippen LogP contribution in [0.3, 0.4) is 0 Å². The number of hydrogen-bond acceptors (Lipinski definition) is 2. The maximum absolute atomic E-state index is 11.8. The third-order valence-electron chi connectivity index (χ3n) is 6.39. The van der Waals surface area contributed by atoms with Crippen molar-refractivity contribution in [3.63, 3.8) is 0 Å². The molecule has 0 heterocycles. The lowest BCUT2D eigenvalue weighted by Gasteiger charge is -2.28. The molecule has 0 atom stereocenters. The first-order valence-corrected chi connectivity index (χ1v) is 12.0. The van der Waals surface area contributed by atoms with Crippen LogP contribution in [0.25, 0.3) is 0 Å². The predicted octanol–water partition coefficient (Wildman–Crippen LogP) is 7.88. The van der Waals surface area contributed by atoms with E-state index in [0.717, 1.165) is 30.4 Å². The van der Waals surface area contributed by atoms with Gasteiger partial charge in [-0.15, -0.1) is 0 Å². The van der Waals surface area contributed by atoms with Gasteiger partial charge in [-0.25, -0.2) is 4.79 Å². The lowest BCUT2D eigenvalue weighted by atomic mass is 9.76. The average molecular weight is 425 g/mol. The fourth-order valence-electron chi connectivity index (χ4n) is 4.30. The highest BCUT2D eigenvalue weighted by molar-refractivity contribution is 5.91. The van der Waals surface area contributed by atoms with E-state index in [9.17, 15) is 15.0 Å². The van der Waals surface area contributed by atoms with Crippen molar-refractivity contribution in [2.24, 2.45) is 0 Å². The van der Waals surface area contributed by atoms with Crippen molar-refractivity contribution in [3.8, 4) is 5.75 Å². The molecule has 3 heteroatoms. The predicted molar refractivity (Wildman–Crippen MR) is 129 cm³/mol. The summed E-state index contributed by atoms with van der Waals surface area (Å²) in [7, 11) is 0. The van der Waals surface area contributed by atoms with Crippen LogP contribution in [-0.4, -0.2) is 16.2 Å². The Morgan fingerprint density at radius 3 is 1.94 bits per heavy atom. The summed E-state index contributed by atoms with van der Waals surface area (Å²) in [5, 5.41) is 20.4. The second-order valence-electron chi connectivity index (χ2n) is 9.27. The quantitative estimate of drug-likeness (QED) is 0.303. The SMILES string of the molecule is CCCCCCCCCCCCc1cc(C(=O)O)c(O)c(C(C)(C)c2ccccc2)c1. The van der Waals surface area contributed by atoms with Crippen molar-refractivity contribution >= 4 is 5.97 Å². The molecule has 2 aromatic rings. The smallest absolute Gasteiger partial charge is 0.339 e. The van der Waals surface area contributed by atoms with E-state index in [1.165, 1.54) is 51.4 Å². The number of rotatable bonds is 14. The number of aryl methyl sites for hydroxylation is 1.